The summed E-state index contributed by atoms with van der Waals surface area (Å²) in [6.45, 7) is 7.58. The normalized spacial score (nSPS) is 15.9. The maximum Gasteiger partial charge on any atom is 0.123 e. The maximum atomic E-state index is 12.9. The zero-order valence-corrected chi connectivity index (χ0v) is 10.3. The van der Waals surface area contributed by atoms with Crippen molar-refractivity contribution in [3.8, 4) is 0 Å². The average molecular weight is 225 g/mol. The first-order valence-corrected chi connectivity index (χ1v) is 5.43. The Labute approximate surface area is 96.3 Å². The molecule has 0 amide bonds. The molecule has 0 saturated heterocycles. The largest absolute Gasteiger partial charge is 0.391 e. The molecule has 0 aromatic heterocycles. The second kappa shape index (κ2) is 4.52. The highest BCUT2D eigenvalue weighted by Crippen LogP contribution is 2.30. The molecular formula is C13H20FNO. The fourth-order valence-electron chi connectivity index (χ4n) is 1.72. The van der Waals surface area contributed by atoms with Crippen molar-refractivity contribution in [3.63, 3.8) is 0 Å². The van der Waals surface area contributed by atoms with Crippen molar-refractivity contribution in [2.24, 2.45) is 11.1 Å². The van der Waals surface area contributed by atoms with E-state index in [0.717, 1.165) is 11.1 Å². The van der Waals surface area contributed by atoms with Crippen LogP contribution in [0.4, 0.5) is 4.39 Å². The van der Waals surface area contributed by atoms with E-state index in [0.29, 0.717) is 0 Å². The lowest BCUT2D eigenvalue weighted by molar-refractivity contribution is 0.0399. The number of aliphatic hydroxyl groups excluding tert-OH is 1. The van der Waals surface area contributed by atoms with Gasteiger partial charge in [0.05, 0.1) is 12.1 Å². The van der Waals surface area contributed by atoms with Crippen molar-refractivity contribution in [1.82, 2.24) is 0 Å². The highest BCUT2D eigenvalue weighted by Gasteiger charge is 2.29. The number of halogens is 1. The second-order valence-electron chi connectivity index (χ2n) is 5.34. The van der Waals surface area contributed by atoms with E-state index in [9.17, 15) is 9.50 Å². The van der Waals surface area contributed by atoms with Gasteiger partial charge in [0.15, 0.2) is 0 Å². The first-order valence-electron chi connectivity index (χ1n) is 5.43. The predicted octanol–water partition coefficient (Wildman–Crippen LogP) is 2.54. The predicted molar refractivity (Wildman–Crippen MR) is 63.5 cm³/mol. The minimum atomic E-state index is -0.656. The molecule has 0 radical (unpaired) electrons. The first-order chi connectivity index (χ1) is 7.23. The Morgan fingerprint density at radius 2 is 1.88 bits per heavy atom. The summed E-state index contributed by atoms with van der Waals surface area (Å²) in [7, 11) is 0. The van der Waals surface area contributed by atoms with Crippen LogP contribution in [0.3, 0.4) is 0 Å². The van der Waals surface area contributed by atoms with Crippen LogP contribution < -0.4 is 5.73 Å². The Morgan fingerprint density at radius 3 is 2.31 bits per heavy atom. The summed E-state index contributed by atoms with van der Waals surface area (Å²) in [6.07, 6.45) is -0.656. The number of rotatable bonds is 2. The summed E-state index contributed by atoms with van der Waals surface area (Å²) in [6, 6.07) is 3.97. The van der Waals surface area contributed by atoms with Gasteiger partial charge in [-0.2, -0.15) is 0 Å². The summed E-state index contributed by atoms with van der Waals surface area (Å²) in [5, 5.41) is 10.1. The number of aliphatic hydroxyl groups is 1. The molecular weight excluding hydrogens is 205 g/mol. The van der Waals surface area contributed by atoms with Crippen molar-refractivity contribution in [2.75, 3.05) is 0 Å². The van der Waals surface area contributed by atoms with Gasteiger partial charge in [0.1, 0.15) is 5.82 Å². The van der Waals surface area contributed by atoms with Gasteiger partial charge in [-0.1, -0.05) is 26.8 Å². The fourth-order valence-corrected chi connectivity index (χ4v) is 1.72. The molecule has 0 unspecified atom stereocenters. The van der Waals surface area contributed by atoms with E-state index in [4.69, 9.17) is 5.73 Å². The van der Waals surface area contributed by atoms with E-state index < -0.39 is 12.1 Å². The molecule has 0 saturated carbocycles. The van der Waals surface area contributed by atoms with Crippen LogP contribution in [-0.2, 0) is 0 Å². The van der Waals surface area contributed by atoms with E-state index in [1.165, 1.54) is 12.1 Å². The van der Waals surface area contributed by atoms with Crippen LogP contribution in [0, 0.1) is 18.2 Å². The van der Waals surface area contributed by atoms with E-state index in [1.807, 2.05) is 20.8 Å². The zero-order chi connectivity index (χ0) is 12.5. The highest BCUT2D eigenvalue weighted by molar-refractivity contribution is 5.30. The Balaban J connectivity index is 3.01. The average Bonchev–Trinajstić information content (AvgIpc) is 2.14. The van der Waals surface area contributed by atoms with Crippen LogP contribution in [0.2, 0.25) is 0 Å². The molecule has 0 aliphatic rings. The van der Waals surface area contributed by atoms with Crippen molar-refractivity contribution in [3.05, 3.63) is 35.1 Å². The lowest BCUT2D eigenvalue weighted by Crippen LogP contribution is -2.37. The van der Waals surface area contributed by atoms with Crippen molar-refractivity contribution in [1.29, 1.82) is 0 Å². The van der Waals surface area contributed by atoms with Gasteiger partial charge in [-0.15, -0.1) is 0 Å². The minimum Gasteiger partial charge on any atom is -0.391 e. The molecule has 90 valence electrons. The molecule has 3 heteroatoms. The molecule has 0 aliphatic carbocycles. The first kappa shape index (κ1) is 13.1. The molecule has 0 fully saturated rings. The van der Waals surface area contributed by atoms with E-state index in [2.05, 4.69) is 0 Å². The van der Waals surface area contributed by atoms with Gasteiger partial charge in [0, 0.05) is 0 Å². The monoisotopic (exact) mass is 225 g/mol. The number of hydrogen-bond acceptors (Lipinski definition) is 2. The Kier molecular flexibility index (Phi) is 3.71. The van der Waals surface area contributed by atoms with Gasteiger partial charge in [-0.3, -0.25) is 0 Å². The van der Waals surface area contributed by atoms with Crippen molar-refractivity contribution >= 4 is 0 Å². The molecule has 0 heterocycles. The Morgan fingerprint density at radius 1 is 1.31 bits per heavy atom. The summed E-state index contributed by atoms with van der Waals surface area (Å²) in [4.78, 5) is 0. The summed E-state index contributed by atoms with van der Waals surface area (Å²) in [5.41, 5.74) is 7.28. The van der Waals surface area contributed by atoms with Crippen LogP contribution in [0.15, 0.2) is 18.2 Å². The van der Waals surface area contributed by atoms with Crippen LogP contribution in [0.1, 0.15) is 37.9 Å². The molecule has 0 aliphatic heterocycles. The molecule has 16 heavy (non-hydrogen) atoms. The third-order valence-electron chi connectivity index (χ3n) is 2.82. The third-order valence-corrected chi connectivity index (χ3v) is 2.82. The quantitative estimate of drug-likeness (QED) is 0.812. The summed E-state index contributed by atoms with van der Waals surface area (Å²) < 4.78 is 12.9. The van der Waals surface area contributed by atoms with Crippen LogP contribution in [0.5, 0.6) is 0 Å². The van der Waals surface area contributed by atoms with E-state index in [1.54, 1.807) is 13.0 Å². The molecule has 1 aromatic rings. The maximum absolute atomic E-state index is 12.9. The standard InChI is InChI=1S/C13H20FNO/c1-8-7-9(14)5-6-10(8)11(15)12(16)13(2,3)4/h5-7,11-12,16H,15H2,1-4H3/t11-,12-/m0/s1. The number of hydrogen-bond donors (Lipinski definition) is 2. The van der Waals surface area contributed by atoms with Crippen LogP contribution in [-0.4, -0.2) is 11.2 Å². The SMILES string of the molecule is Cc1cc(F)ccc1[C@H](N)[C@H](O)C(C)(C)C. The molecule has 1 aromatic carbocycles. The molecule has 3 N–H and O–H groups in total. The van der Waals surface area contributed by atoms with Gasteiger partial charge in [0.2, 0.25) is 0 Å². The van der Waals surface area contributed by atoms with Gasteiger partial charge in [0.25, 0.3) is 0 Å². The number of benzene rings is 1. The van der Waals surface area contributed by atoms with Gasteiger partial charge in [-0.25, -0.2) is 4.39 Å². The van der Waals surface area contributed by atoms with Crippen molar-refractivity contribution in [2.45, 2.75) is 39.8 Å². The fraction of sp³-hybridized carbons (Fsp3) is 0.538. The Bertz CT molecular complexity index is 371. The molecule has 2 atom stereocenters. The molecule has 0 bridgehead atoms. The molecule has 2 nitrogen and oxygen atoms in total. The summed E-state index contributed by atoms with van der Waals surface area (Å²) >= 11 is 0. The van der Waals surface area contributed by atoms with Gasteiger partial charge >= 0.3 is 0 Å². The topological polar surface area (TPSA) is 46.2 Å². The highest BCUT2D eigenvalue weighted by atomic mass is 19.1. The van der Waals surface area contributed by atoms with E-state index in [-0.39, 0.29) is 11.2 Å². The third kappa shape index (κ3) is 2.80. The molecule has 0 spiro atoms. The molecule has 1 rings (SSSR count). The lowest BCUT2D eigenvalue weighted by atomic mass is 9.82. The smallest absolute Gasteiger partial charge is 0.123 e. The second-order valence-corrected chi connectivity index (χ2v) is 5.34. The summed E-state index contributed by atoms with van der Waals surface area (Å²) in [5.74, 6) is -0.279. The van der Waals surface area contributed by atoms with Crippen LogP contribution >= 0.6 is 0 Å². The number of aryl methyl sites for hydroxylation is 1. The van der Waals surface area contributed by atoms with Crippen molar-refractivity contribution < 1.29 is 9.50 Å². The van der Waals surface area contributed by atoms with Gasteiger partial charge < -0.3 is 10.8 Å². The Hall–Kier alpha value is -0.930. The minimum absolute atomic E-state index is 0.279. The zero-order valence-electron chi connectivity index (χ0n) is 10.3. The van der Waals surface area contributed by atoms with Gasteiger partial charge in [-0.05, 0) is 35.6 Å². The number of nitrogens with two attached hydrogens (primary N) is 1. The van der Waals surface area contributed by atoms with E-state index >= 15 is 0 Å². The lowest BCUT2D eigenvalue weighted by Gasteiger charge is -2.31. The van der Waals surface area contributed by atoms with Crippen LogP contribution in [0.25, 0.3) is 0 Å².